The maximum absolute atomic E-state index is 13.1. The minimum absolute atomic E-state index is 0.0412. The van der Waals surface area contributed by atoms with Gasteiger partial charge < -0.3 is 15.0 Å². The summed E-state index contributed by atoms with van der Waals surface area (Å²) >= 11 is 0. The highest BCUT2D eigenvalue weighted by Crippen LogP contribution is 2.31. The second-order valence-electron chi connectivity index (χ2n) is 10.7. The molecule has 0 bridgehead atoms. The quantitative estimate of drug-likeness (QED) is 0.460. The molecule has 3 heterocycles. The highest BCUT2D eigenvalue weighted by atomic mass is 16.5. The zero-order valence-electron chi connectivity index (χ0n) is 22.2. The molecule has 2 N–H and O–H groups in total. The number of nitrogens with one attached hydrogen (secondary N) is 2. The van der Waals surface area contributed by atoms with E-state index in [-0.39, 0.29) is 30.4 Å². The molecule has 202 valence electrons. The number of piperidine rings is 2. The fraction of sp³-hybridized carbons (Fsp3) is 0.387. The molecule has 3 aliphatic heterocycles. The van der Waals surface area contributed by atoms with Gasteiger partial charge in [-0.1, -0.05) is 43.3 Å². The number of benzene rings is 3. The Hall–Kier alpha value is -3.75. The number of likely N-dealkylation sites (tertiary alicyclic amines) is 1. The first-order chi connectivity index (χ1) is 19.0. The minimum Gasteiger partial charge on any atom is -0.487 e. The summed E-state index contributed by atoms with van der Waals surface area (Å²) in [5.74, 6) is -0.123. The summed E-state index contributed by atoms with van der Waals surface area (Å²) < 4.78 is 6.58. The van der Waals surface area contributed by atoms with Gasteiger partial charge in [0, 0.05) is 44.2 Å². The van der Waals surface area contributed by atoms with Crippen LogP contribution < -0.4 is 15.4 Å². The Morgan fingerprint density at radius 2 is 1.85 bits per heavy atom. The first-order valence-corrected chi connectivity index (χ1v) is 13.9. The van der Waals surface area contributed by atoms with Crippen molar-refractivity contribution in [2.24, 2.45) is 0 Å². The summed E-state index contributed by atoms with van der Waals surface area (Å²) in [6, 6.07) is 20.3. The number of hydrogen-bond donors (Lipinski definition) is 2. The molecule has 2 saturated heterocycles. The molecular weight excluding hydrogens is 492 g/mol. The standard InChI is InChI=1S/C31H34N4O4/c1-2-32-26-13-14-34(17-20-7-8-21-5-3-4-6-22(21)15-20)19-28(26)39-24-9-10-25-23(16-24)18-35(31(25)38)27-11-12-29(36)33-30(27)37/h3-10,15-16,26-28,32H,2,11-14,17-19H2,1H3,(H,33,36,37). The second-order valence-corrected chi connectivity index (χ2v) is 10.7. The summed E-state index contributed by atoms with van der Waals surface area (Å²) in [5.41, 5.74) is 2.74. The number of carbonyl (C=O) groups excluding carboxylic acids is 3. The molecular formula is C31H34N4O4. The lowest BCUT2D eigenvalue weighted by atomic mass is 10.00. The Balaban J connectivity index is 1.15. The number of amides is 3. The van der Waals surface area contributed by atoms with Crippen molar-refractivity contribution in [3.05, 3.63) is 77.4 Å². The molecule has 8 nitrogen and oxygen atoms in total. The van der Waals surface area contributed by atoms with Gasteiger partial charge in [-0.25, -0.2) is 0 Å². The number of nitrogens with zero attached hydrogens (tertiary/aromatic N) is 2. The van der Waals surface area contributed by atoms with Crippen LogP contribution in [0.5, 0.6) is 5.75 Å². The van der Waals surface area contributed by atoms with Gasteiger partial charge in [0.15, 0.2) is 0 Å². The second kappa shape index (κ2) is 10.8. The van der Waals surface area contributed by atoms with Gasteiger partial charge in [0.1, 0.15) is 17.9 Å². The van der Waals surface area contributed by atoms with Gasteiger partial charge in [0.25, 0.3) is 5.91 Å². The summed E-state index contributed by atoms with van der Waals surface area (Å²) in [5, 5.41) is 8.46. The third kappa shape index (κ3) is 5.27. The molecule has 0 aliphatic carbocycles. The monoisotopic (exact) mass is 526 g/mol. The van der Waals surface area contributed by atoms with Crippen molar-refractivity contribution in [3.63, 3.8) is 0 Å². The number of ether oxygens (including phenoxy) is 1. The fourth-order valence-corrected chi connectivity index (χ4v) is 6.13. The first-order valence-electron chi connectivity index (χ1n) is 13.9. The van der Waals surface area contributed by atoms with Crippen molar-refractivity contribution >= 4 is 28.5 Å². The molecule has 6 rings (SSSR count). The van der Waals surface area contributed by atoms with Gasteiger partial charge >= 0.3 is 0 Å². The molecule has 3 aromatic carbocycles. The van der Waals surface area contributed by atoms with Gasteiger partial charge in [-0.3, -0.25) is 24.6 Å². The Kier molecular flexibility index (Phi) is 7.06. The zero-order valence-corrected chi connectivity index (χ0v) is 22.2. The average molecular weight is 527 g/mol. The number of hydrogen-bond acceptors (Lipinski definition) is 6. The van der Waals surface area contributed by atoms with Crippen molar-refractivity contribution in [3.8, 4) is 5.75 Å². The lowest BCUT2D eigenvalue weighted by Gasteiger charge is -2.39. The van der Waals surface area contributed by atoms with E-state index in [1.165, 1.54) is 16.3 Å². The van der Waals surface area contributed by atoms with Crippen molar-refractivity contribution in [1.29, 1.82) is 0 Å². The smallest absolute Gasteiger partial charge is 0.255 e. The number of rotatable bonds is 7. The predicted octanol–water partition coefficient (Wildman–Crippen LogP) is 3.23. The van der Waals surface area contributed by atoms with Crippen LogP contribution in [0.1, 0.15) is 47.7 Å². The molecule has 3 atom stereocenters. The Morgan fingerprint density at radius 1 is 1.00 bits per heavy atom. The molecule has 8 heteroatoms. The van der Waals surface area contributed by atoms with Crippen molar-refractivity contribution < 1.29 is 19.1 Å². The number of imide groups is 1. The van der Waals surface area contributed by atoms with Crippen LogP contribution in [0.2, 0.25) is 0 Å². The van der Waals surface area contributed by atoms with Crippen LogP contribution in [-0.4, -0.2) is 65.3 Å². The van der Waals surface area contributed by atoms with Crippen LogP contribution in [0, 0.1) is 0 Å². The van der Waals surface area contributed by atoms with Crippen LogP contribution in [-0.2, 0) is 22.7 Å². The highest BCUT2D eigenvalue weighted by molar-refractivity contribution is 6.05. The van der Waals surface area contributed by atoms with E-state index in [0.717, 1.165) is 43.9 Å². The molecule has 0 spiro atoms. The van der Waals surface area contributed by atoms with E-state index in [2.05, 4.69) is 64.9 Å². The lowest BCUT2D eigenvalue weighted by Crippen LogP contribution is -2.54. The number of fused-ring (bicyclic) bond motifs is 2. The Labute approximate surface area is 228 Å². The molecule has 0 saturated carbocycles. The van der Waals surface area contributed by atoms with Gasteiger partial charge in [-0.05, 0) is 65.6 Å². The van der Waals surface area contributed by atoms with E-state index >= 15 is 0 Å². The van der Waals surface area contributed by atoms with E-state index < -0.39 is 11.9 Å². The van der Waals surface area contributed by atoms with Crippen LogP contribution in [0.15, 0.2) is 60.7 Å². The molecule has 2 fully saturated rings. The number of carbonyl (C=O) groups is 3. The van der Waals surface area contributed by atoms with E-state index in [1.54, 1.807) is 11.0 Å². The highest BCUT2D eigenvalue weighted by Gasteiger charge is 2.39. The molecule has 39 heavy (non-hydrogen) atoms. The topological polar surface area (TPSA) is 91.0 Å². The number of likely N-dealkylation sites (N-methyl/N-ethyl adjacent to an activating group) is 1. The molecule has 3 unspecified atom stereocenters. The van der Waals surface area contributed by atoms with E-state index in [4.69, 9.17) is 4.74 Å². The third-order valence-electron chi connectivity index (χ3n) is 8.11. The maximum Gasteiger partial charge on any atom is 0.255 e. The summed E-state index contributed by atoms with van der Waals surface area (Å²) in [7, 11) is 0. The zero-order chi connectivity index (χ0) is 26.9. The van der Waals surface area contributed by atoms with Crippen LogP contribution in [0.25, 0.3) is 10.8 Å². The van der Waals surface area contributed by atoms with Crippen LogP contribution >= 0.6 is 0 Å². The minimum atomic E-state index is -0.618. The summed E-state index contributed by atoms with van der Waals surface area (Å²) in [4.78, 5) is 41.0. The van der Waals surface area contributed by atoms with Crippen LogP contribution in [0.4, 0.5) is 0 Å². The van der Waals surface area contributed by atoms with Crippen molar-refractivity contribution in [2.45, 2.75) is 57.5 Å². The molecule has 0 radical (unpaired) electrons. The SMILES string of the molecule is CCNC1CCN(Cc2ccc3ccccc3c2)CC1Oc1ccc2c(c1)CN(C1CCC(=O)NC1=O)C2=O. The van der Waals surface area contributed by atoms with Crippen molar-refractivity contribution in [1.82, 2.24) is 20.4 Å². The van der Waals surface area contributed by atoms with Crippen LogP contribution in [0.3, 0.4) is 0 Å². The Bertz CT molecular complexity index is 1420. The molecule has 3 aromatic rings. The van der Waals surface area contributed by atoms with Gasteiger partial charge in [0.05, 0.1) is 0 Å². The van der Waals surface area contributed by atoms with Gasteiger partial charge in [-0.15, -0.1) is 0 Å². The maximum atomic E-state index is 13.1. The normalized spacial score (nSPS) is 23.7. The lowest BCUT2D eigenvalue weighted by molar-refractivity contribution is -0.136. The fourth-order valence-electron chi connectivity index (χ4n) is 6.13. The predicted molar refractivity (Wildman–Crippen MR) is 148 cm³/mol. The van der Waals surface area contributed by atoms with Gasteiger partial charge in [-0.2, -0.15) is 0 Å². The third-order valence-corrected chi connectivity index (χ3v) is 8.11. The van der Waals surface area contributed by atoms with Gasteiger partial charge in [0.2, 0.25) is 11.8 Å². The molecule has 3 aliphatic rings. The van der Waals surface area contributed by atoms with Crippen molar-refractivity contribution in [2.75, 3.05) is 19.6 Å². The van der Waals surface area contributed by atoms with E-state index in [9.17, 15) is 14.4 Å². The summed E-state index contributed by atoms with van der Waals surface area (Å²) in [6.45, 7) is 5.97. The molecule has 3 amide bonds. The molecule has 0 aromatic heterocycles. The summed E-state index contributed by atoms with van der Waals surface area (Å²) in [6.07, 6.45) is 1.54. The van der Waals surface area contributed by atoms with E-state index in [0.29, 0.717) is 18.5 Å². The van der Waals surface area contributed by atoms with E-state index in [1.807, 2.05) is 12.1 Å². The average Bonchev–Trinajstić information content (AvgIpc) is 3.25. The Morgan fingerprint density at radius 3 is 2.67 bits per heavy atom. The first kappa shape index (κ1) is 25.5. The largest absolute Gasteiger partial charge is 0.487 e.